The maximum absolute atomic E-state index is 13.8. The van der Waals surface area contributed by atoms with Gasteiger partial charge in [-0.2, -0.15) is 0 Å². The molecule has 3 aliphatic heterocycles. The Kier molecular flexibility index (Phi) is 5.84. The maximum atomic E-state index is 13.8. The third-order valence-electron chi connectivity index (χ3n) is 7.96. The van der Waals surface area contributed by atoms with Gasteiger partial charge in [0, 0.05) is 26.2 Å². The van der Waals surface area contributed by atoms with Gasteiger partial charge in [0.2, 0.25) is 0 Å². The summed E-state index contributed by atoms with van der Waals surface area (Å²) in [6.07, 6.45) is 1.50. The number of benzene rings is 1. The van der Waals surface area contributed by atoms with Crippen molar-refractivity contribution in [1.82, 2.24) is 9.80 Å². The number of amides is 1. The number of Topliss-reactive ketones (excluding diaryl/α,β-unsaturated/α-hetero) is 1. The van der Waals surface area contributed by atoms with Gasteiger partial charge in [-0.25, -0.2) is 0 Å². The van der Waals surface area contributed by atoms with Gasteiger partial charge in [-0.15, -0.1) is 0 Å². The molecule has 3 heterocycles. The minimum atomic E-state index is -0.359. The van der Waals surface area contributed by atoms with Crippen molar-refractivity contribution in [3.05, 3.63) is 46.7 Å². The third kappa shape index (κ3) is 3.77. The van der Waals surface area contributed by atoms with Crippen molar-refractivity contribution in [2.75, 3.05) is 39.4 Å². The lowest BCUT2D eigenvalue weighted by atomic mass is 9.70. The zero-order valence-corrected chi connectivity index (χ0v) is 19.4. The lowest BCUT2D eigenvalue weighted by molar-refractivity contribution is -0.137. The Hall–Kier alpha value is -2.18. The van der Waals surface area contributed by atoms with Crippen molar-refractivity contribution < 1.29 is 19.1 Å². The molecule has 0 spiro atoms. The second-order valence-corrected chi connectivity index (χ2v) is 10.1. The number of aryl methyl sites for hydroxylation is 1. The van der Waals surface area contributed by atoms with Crippen molar-refractivity contribution in [2.24, 2.45) is 17.8 Å². The molecule has 1 aromatic carbocycles. The number of ketones is 1. The normalized spacial score (nSPS) is 33.2. The summed E-state index contributed by atoms with van der Waals surface area (Å²) in [5, 5.41) is 0. The first kappa shape index (κ1) is 21.7. The van der Waals surface area contributed by atoms with E-state index in [2.05, 4.69) is 49.9 Å². The first-order chi connectivity index (χ1) is 15.4. The Morgan fingerprint density at radius 1 is 0.969 bits per heavy atom. The van der Waals surface area contributed by atoms with E-state index < -0.39 is 0 Å². The van der Waals surface area contributed by atoms with Crippen LogP contribution < -0.4 is 0 Å². The third-order valence-corrected chi connectivity index (χ3v) is 7.96. The standard InChI is InChI=1S/C26H34N2O4/c1-16-4-6-19(7-5-16)23-22-24(29)20-14-17(2)18(3)15-21(20)32-25(22)26(30)28(23)9-8-27-10-12-31-13-11-27/h4-7,17-18,20-21,23H,8-15H2,1-3H3. The Balaban J connectivity index is 1.47. The summed E-state index contributed by atoms with van der Waals surface area (Å²) in [4.78, 5) is 31.6. The van der Waals surface area contributed by atoms with Gasteiger partial charge in [0.15, 0.2) is 11.5 Å². The highest BCUT2D eigenvalue weighted by molar-refractivity contribution is 6.11. The van der Waals surface area contributed by atoms with E-state index in [9.17, 15) is 9.59 Å². The number of ether oxygens (including phenoxy) is 2. The quantitative estimate of drug-likeness (QED) is 0.723. The van der Waals surface area contributed by atoms with Gasteiger partial charge < -0.3 is 14.4 Å². The lowest BCUT2D eigenvalue weighted by Gasteiger charge is -2.40. The van der Waals surface area contributed by atoms with Crippen LogP contribution in [-0.4, -0.2) is 67.0 Å². The van der Waals surface area contributed by atoms with E-state index in [1.165, 1.54) is 0 Å². The van der Waals surface area contributed by atoms with E-state index in [4.69, 9.17) is 9.47 Å². The van der Waals surface area contributed by atoms with E-state index in [1.54, 1.807) is 0 Å². The molecule has 0 radical (unpaired) electrons. The van der Waals surface area contributed by atoms with E-state index in [-0.39, 0.29) is 29.8 Å². The molecule has 1 aromatic rings. The molecule has 1 amide bonds. The van der Waals surface area contributed by atoms with Crippen LogP contribution in [0, 0.1) is 24.7 Å². The number of hydrogen-bond donors (Lipinski definition) is 0. The average molecular weight is 439 g/mol. The number of fused-ring (bicyclic) bond motifs is 1. The highest BCUT2D eigenvalue weighted by atomic mass is 16.5. The second-order valence-electron chi connectivity index (χ2n) is 10.1. The predicted octanol–water partition coefficient (Wildman–Crippen LogP) is 3.11. The lowest BCUT2D eigenvalue weighted by Crippen LogP contribution is -2.43. The molecule has 2 fully saturated rings. The number of rotatable bonds is 4. The Labute approximate surface area is 190 Å². The van der Waals surface area contributed by atoms with Crippen molar-refractivity contribution >= 4 is 11.7 Å². The minimum Gasteiger partial charge on any atom is -0.483 e. The zero-order valence-electron chi connectivity index (χ0n) is 19.4. The molecule has 4 aliphatic rings. The number of carbonyl (C=O) groups excluding carboxylic acids is 2. The van der Waals surface area contributed by atoms with Crippen LogP contribution in [0.25, 0.3) is 0 Å². The fourth-order valence-corrected chi connectivity index (χ4v) is 5.71. The van der Waals surface area contributed by atoms with Gasteiger partial charge in [-0.05, 0) is 37.2 Å². The highest BCUT2D eigenvalue weighted by Gasteiger charge is 2.53. The molecule has 6 nitrogen and oxygen atoms in total. The summed E-state index contributed by atoms with van der Waals surface area (Å²) in [5.74, 6) is 1.15. The summed E-state index contributed by atoms with van der Waals surface area (Å²) in [6.45, 7) is 11.0. The second kappa shape index (κ2) is 8.64. The summed E-state index contributed by atoms with van der Waals surface area (Å²) in [7, 11) is 0. The molecular formula is C26H34N2O4. The van der Waals surface area contributed by atoms with Crippen LogP contribution in [0.3, 0.4) is 0 Å². The molecule has 5 rings (SSSR count). The van der Waals surface area contributed by atoms with Crippen LogP contribution in [0.5, 0.6) is 0 Å². The molecule has 32 heavy (non-hydrogen) atoms. The van der Waals surface area contributed by atoms with Gasteiger partial charge in [-0.1, -0.05) is 43.7 Å². The molecule has 5 unspecified atom stereocenters. The maximum Gasteiger partial charge on any atom is 0.290 e. The topological polar surface area (TPSA) is 59.1 Å². The Morgan fingerprint density at radius 2 is 1.66 bits per heavy atom. The van der Waals surface area contributed by atoms with Crippen LogP contribution in [0.4, 0.5) is 0 Å². The van der Waals surface area contributed by atoms with Crippen LogP contribution in [-0.2, 0) is 19.1 Å². The first-order valence-electron chi connectivity index (χ1n) is 12.1. The predicted molar refractivity (Wildman–Crippen MR) is 121 cm³/mol. The number of morpholine rings is 1. The fraction of sp³-hybridized carbons (Fsp3) is 0.615. The van der Waals surface area contributed by atoms with Crippen molar-refractivity contribution in [3.63, 3.8) is 0 Å². The molecule has 6 heteroatoms. The number of nitrogens with zero attached hydrogens (tertiary/aromatic N) is 2. The molecule has 0 aromatic heterocycles. The molecule has 172 valence electrons. The monoisotopic (exact) mass is 438 g/mol. The molecule has 0 bridgehead atoms. The smallest absolute Gasteiger partial charge is 0.290 e. The van der Waals surface area contributed by atoms with Crippen LogP contribution >= 0.6 is 0 Å². The van der Waals surface area contributed by atoms with Gasteiger partial charge in [0.1, 0.15) is 6.10 Å². The summed E-state index contributed by atoms with van der Waals surface area (Å²) in [5.41, 5.74) is 2.74. The highest BCUT2D eigenvalue weighted by Crippen LogP contribution is 2.48. The largest absolute Gasteiger partial charge is 0.483 e. The van der Waals surface area contributed by atoms with E-state index in [1.807, 2.05) is 4.90 Å². The van der Waals surface area contributed by atoms with Gasteiger partial charge in [0.25, 0.3) is 5.91 Å². The van der Waals surface area contributed by atoms with E-state index in [0.29, 0.717) is 29.7 Å². The molecular weight excluding hydrogens is 404 g/mol. The zero-order chi connectivity index (χ0) is 22.4. The average Bonchev–Trinajstić information content (AvgIpc) is 3.07. The molecule has 0 N–H and O–H groups in total. The summed E-state index contributed by atoms with van der Waals surface area (Å²) >= 11 is 0. The van der Waals surface area contributed by atoms with Gasteiger partial charge in [-0.3, -0.25) is 14.5 Å². The van der Waals surface area contributed by atoms with Crippen LogP contribution in [0.2, 0.25) is 0 Å². The molecule has 5 atom stereocenters. The summed E-state index contributed by atoms with van der Waals surface area (Å²) in [6, 6.07) is 7.85. The molecule has 1 saturated carbocycles. The van der Waals surface area contributed by atoms with E-state index >= 15 is 0 Å². The minimum absolute atomic E-state index is 0.128. The van der Waals surface area contributed by atoms with Crippen molar-refractivity contribution in [2.45, 2.75) is 45.8 Å². The molecule has 1 aliphatic carbocycles. The Bertz CT molecular complexity index is 918. The summed E-state index contributed by atoms with van der Waals surface area (Å²) < 4.78 is 11.8. The Morgan fingerprint density at radius 3 is 2.38 bits per heavy atom. The fourth-order valence-electron chi connectivity index (χ4n) is 5.71. The van der Waals surface area contributed by atoms with Crippen LogP contribution in [0.15, 0.2) is 35.6 Å². The van der Waals surface area contributed by atoms with Crippen molar-refractivity contribution in [3.8, 4) is 0 Å². The van der Waals surface area contributed by atoms with Crippen molar-refractivity contribution in [1.29, 1.82) is 0 Å². The first-order valence-corrected chi connectivity index (χ1v) is 12.1. The van der Waals surface area contributed by atoms with Gasteiger partial charge in [0.05, 0.1) is 30.7 Å². The van der Waals surface area contributed by atoms with E-state index in [0.717, 1.165) is 56.8 Å². The number of carbonyl (C=O) groups is 2. The van der Waals surface area contributed by atoms with Gasteiger partial charge >= 0.3 is 0 Å². The number of hydrogen-bond acceptors (Lipinski definition) is 5. The molecule has 1 saturated heterocycles. The SMILES string of the molecule is Cc1ccc(C2C3=C(OC4CC(C)C(C)CC4C3=O)C(=O)N2CCN2CCOCC2)cc1. The van der Waals surface area contributed by atoms with Crippen LogP contribution in [0.1, 0.15) is 43.9 Å².